The molecule has 8 unspecified atom stereocenters. The summed E-state index contributed by atoms with van der Waals surface area (Å²) in [4.78, 5) is 24.2. The third-order valence-electron chi connectivity index (χ3n) is 9.43. The Labute approximate surface area is 181 Å². The number of rotatable bonds is 6. The normalized spacial score (nSPS) is 41.1. The molecule has 168 valence electrons. The van der Waals surface area contributed by atoms with Crippen molar-refractivity contribution in [2.75, 3.05) is 6.61 Å². The molecule has 1 N–H and O–H groups in total. The molecule has 30 heavy (non-hydrogen) atoms. The van der Waals surface area contributed by atoms with Gasteiger partial charge in [-0.1, -0.05) is 18.6 Å². The Morgan fingerprint density at radius 2 is 1.93 bits per heavy atom. The molecule has 0 aliphatic heterocycles. The first kappa shape index (κ1) is 22.0. The molecule has 0 aromatic rings. The minimum Gasteiger partial charge on any atom is -0.465 e. The third-order valence-corrected chi connectivity index (χ3v) is 9.43. The molecule has 0 spiro atoms. The Bertz CT molecular complexity index is 697. The lowest BCUT2D eigenvalue weighted by atomic mass is 9.50. The highest BCUT2D eigenvalue weighted by atomic mass is 16.5. The van der Waals surface area contributed by atoms with E-state index in [1.165, 1.54) is 44.6 Å². The van der Waals surface area contributed by atoms with Crippen LogP contribution in [0.1, 0.15) is 85.0 Å². The molecule has 0 amide bonds. The molecule has 0 saturated heterocycles. The Hall–Kier alpha value is -1.16. The predicted molar refractivity (Wildman–Crippen MR) is 117 cm³/mol. The van der Waals surface area contributed by atoms with Gasteiger partial charge in [-0.25, -0.2) is 0 Å². The van der Waals surface area contributed by atoms with Crippen LogP contribution < -0.4 is 0 Å². The van der Waals surface area contributed by atoms with Crippen LogP contribution in [-0.4, -0.2) is 29.6 Å². The molecule has 0 heterocycles. The summed E-state index contributed by atoms with van der Waals surface area (Å²) in [5.74, 6) is 2.81. The fourth-order valence-electron chi connectivity index (χ4n) is 7.88. The third kappa shape index (κ3) is 3.89. The van der Waals surface area contributed by atoms with Crippen molar-refractivity contribution >= 4 is 11.8 Å². The minimum atomic E-state index is -0.576. The lowest BCUT2D eigenvalue weighted by Crippen LogP contribution is -2.47. The summed E-state index contributed by atoms with van der Waals surface area (Å²) in [6.45, 7) is 6.14. The van der Waals surface area contributed by atoms with Crippen LogP contribution in [0.5, 0.6) is 0 Å². The van der Waals surface area contributed by atoms with Crippen LogP contribution in [0.2, 0.25) is 0 Å². The summed E-state index contributed by atoms with van der Waals surface area (Å²) in [5, 5.41) is 10.2. The molecule has 4 aliphatic rings. The molecular formula is C26H40O4. The average Bonchev–Trinajstić information content (AvgIpc) is 3.12. The lowest BCUT2D eigenvalue weighted by Gasteiger charge is -2.55. The van der Waals surface area contributed by atoms with E-state index in [4.69, 9.17) is 4.74 Å². The van der Waals surface area contributed by atoms with E-state index in [1.807, 2.05) is 0 Å². The van der Waals surface area contributed by atoms with Crippen LogP contribution in [0.15, 0.2) is 11.6 Å². The second-order valence-electron chi connectivity index (χ2n) is 10.8. The maximum Gasteiger partial charge on any atom is 0.316 e. The van der Waals surface area contributed by atoms with Crippen LogP contribution in [0.25, 0.3) is 0 Å². The van der Waals surface area contributed by atoms with Gasteiger partial charge in [-0.15, -0.1) is 0 Å². The van der Waals surface area contributed by atoms with Crippen molar-refractivity contribution in [2.45, 2.75) is 91.1 Å². The standard InChI is InChI=1S/C26H40O4/c1-4-30-25(29)20(16(2)27)8-5-17-6-9-22-21(17)11-12-24-23(22)10-7-18-15-19(28)13-14-26(18,24)3/h7,17,19-24,28H,4-6,8-15H2,1-3H3. The fourth-order valence-corrected chi connectivity index (χ4v) is 7.88. The minimum absolute atomic E-state index is 0.0518. The van der Waals surface area contributed by atoms with Crippen molar-refractivity contribution in [3.8, 4) is 0 Å². The van der Waals surface area contributed by atoms with E-state index in [0.717, 1.165) is 49.4 Å². The molecule has 4 heteroatoms. The van der Waals surface area contributed by atoms with Gasteiger partial charge in [0.1, 0.15) is 11.7 Å². The zero-order valence-corrected chi connectivity index (χ0v) is 19.1. The highest BCUT2D eigenvalue weighted by Gasteiger charge is 2.54. The van der Waals surface area contributed by atoms with Gasteiger partial charge in [-0.3, -0.25) is 9.59 Å². The van der Waals surface area contributed by atoms with Gasteiger partial charge in [0.25, 0.3) is 0 Å². The number of Topliss-reactive ketones (excluding diaryl/α,β-unsaturated/α-hetero) is 1. The summed E-state index contributed by atoms with van der Waals surface area (Å²) in [7, 11) is 0. The van der Waals surface area contributed by atoms with Crippen molar-refractivity contribution < 1.29 is 19.4 Å². The Balaban J connectivity index is 1.42. The van der Waals surface area contributed by atoms with E-state index >= 15 is 0 Å². The van der Waals surface area contributed by atoms with Crippen LogP contribution in [0, 0.1) is 40.9 Å². The molecule has 3 saturated carbocycles. The molecular weight excluding hydrogens is 376 g/mol. The number of aliphatic hydroxyl groups is 1. The van der Waals surface area contributed by atoms with E-state index in [2.05, 4.69) is 13.0 Å². The molecule has 8 atom stereocenters. The number of ether oxygens (including phenoxy) is 1. The molecule has 0 aromatic heterocycles. The van der Waals surface area contributed by atoms with Crippen molar-refractivity contribution in [1.82, 2.24) is 0 Å². The maximum atomic E-state index is 12.2. The largest absolute Gasteiger partial charge is 0.465 e. The summed E-state index contributed by atoms with van der Waals surface area (Å²) in [6.07, 6.45) is 13.3. The highest BCUT2D eigenvalue weighted by molar-refractivity contribution is 5.97. The number of aliphatic hydroxyl groups excluding tert-OH is 1. The van der Waals surface area contributed by atoms with Gasteiger partial charge in [-0.2, -0.15) is 0 Å². The lowest BCUT2D eigenvalue weighted by molar-refractivity contribution is -0.151. The maximum absolute atomic E-state index is 12.2. The first-order valence-electron chi connectivity index (χ1n) is 12.4. The summed E-state index contributed by atoms with van der Waals surface area (Å²) >= 11 is 0. The quantitative estimate of drug-likeness (QED) is 0.372. The summed E-state index contributed by atoms with van der Waals surface area (Å²) < 4.78 is 5.14. The van der Waals surface area contributed by atoms with Gasteiger partial charge in [-0.05, 0) is 113 Å². The summed E-state index contributed by atoms with van der Waals surface area (Å²) in [6, 6.07) is 0. The van der Waals surface area contributed by atoms with Crippen LogP contribution in [0.4, 0.5) is 0 Å². The van der Waals surface area contributed by atoms with E-state index in [0.29, 0.717) is 24.4 Å². The van der Waals surface area contributed by atoms with Crippen molar-refractivity contribution in [2.24, 2.45) is 40.9 Å². The Kier molecular flexibility index (Phi) is 6.44. The number of hydrogen-bond donors (Lipinski definition) is 1. The Morgan fingerprint density at radius 1 is 1.17 bits per heavy atom. The van der Waals surface area contributed by atoms with Gasteiger partial charge >= 0.3 is 5.97 Å². The molecule has 4 aliphatic carbocycles. The molecule has 0 aromatic carbocycles. The number of ketones is 1. The number of carbonyl (C=O) groups excluding carboxylic acids is 2. The number of allylic oxidation sites excluding steroid dienone is 1. The highest BCUT2D eigenvalue weighted by Crippen LogP contribution is 2.62. The molecule has 4 rings (SSSR count). The van der Waals surface area contributed by atoms with E-state index in [1.54, 1.807) is 6.92 Å². The van der Waals surface area contributed by atoms with Gasteiger partial charge < -0.3 is 9.84 Å². The number of hydrogen-bond acceptors (Lipinski definition) is 4. The van der Waals surface area contributed by atoms with Crippen LogP contribution in [-0.2, 0) is 14.3 Å². The topological polar surface area (TPSA) is 63.6 Å². The van der Waals surface area contributed by atoms with E-state index < -0.39 is 5.92 Å². The molecule has 3 fully saturated rings. The predicted octanol–water partition coefficient (Wildman–Crippen LogP) is 5.08. The second-order valence-corrected chi connectivity index (χ2v) is 10.8. The average molecular weight is 417 g/mol. The van der Waals surface area contributed by atoms with Crippen molar-refractivity contribution in [3.05, 3.63) is 11.6 Å². The van der Waals surface area contributed by atoms with Crippen molar-refractivity contribution in [3.63, 3.8) is 0 Å². The number of fused-ring (bicyclic) bond motifs is 5. The second kappa shape index (κ2) is 8.76. The zero-order chi connectivity index (χ0) is 21.5. The first-order chi connectivity index (χ1) is 14.3. The van der Waals surface area contributed by atoms with Gasteiger partial charge in [0.05, 0.1) is 12.7 Å². The monoisotopic (exact) mass is 416 g/mol. The first-order valence-corrected chi connectivity index (χ1v) is 12.4. The number of carbonyl (C=O) groups is 2. The van der Waals surface area contributed by atoms with Gasteiger partial charge in [0, 0.05) is 0 Å². The number of esters is 1. The zero-order valence-electron chi connectivity index (χ0n) is 19.1. The molecule has 0 radical (unpaired) electrons. The molecule has 4 nitrogen and oxygen atoms in total. The van der Waals surface area contributed by atoms with E-state index in [9.17, 15) is 14.7 Å². The van der Waals surface area contributed by atoms with Crippen molar-refractivity contribution in [1.29, 1.82) is 0 Å². The van der Waals surface area contributed by atoms with E-state index in [-0.39, 0.29) is 17.9 Å². The van der Waals surface area contributed by atoms with Gasteiger partial charge in [0.2, 0.25) is 0 Å². The van der Waals surface area contributed by atoms with Gasteiger partial charge in [0.15, 0.2) is 0 Å². The van der Waals surface area contributed by atoms with Crippen LogP contribution >= 0.6 is 0 Å². The Morgan fingerprint density at radius 3 is 2.67 bits per heavy atom. The van der Waals surface area contributed by atoms with Crippen LogP contribution in [0.3, 0.4) is 0 Å². The summed E-state index contributed by atoms with van der Waals surface area (Å²) in [5.41, 5.74) is 1.84. The fraction of sp³-hybridized carbons (Fsp3) is 0.846. The SMILES string of the molecule is CCOC(=O)C(CCC1CCC2C1CCC1C2CC=C2CC(O)CCC21C)C(C)=O. The smallest absolute Gasteiger partial charge is 0.316 e. The molecule has 0 bridgehead atoms.